The number of esters is 2. The molecule has 1 amide bonds. The van der Waals surface area contributed by atoms with Crippen molar-refractivity contribution in [1.29, 1.82) is 0 Å². The van der Waals surface area contributed by atoms with E-state index >= 15 is 4.39 Å². The molecule has 1 saturated heterocycles. The predicted molar refractivity (Wildman–Crippen MR) is 168 cm³/mol. The fourth-order valence-corrected chi connectivity index (χ4v) is 9.25. The molecular formula is C34H45FN2O13. The first-order valence-electron chi connectivity index (χ1n) is 16.9. The van der Waals surface area contributed by atoms with Crippen LogP contribution >= 0.6 is 0 Å². The van der Waals surface area contributed by atoms with Crippen LogP contribution in [0, 0.1) is 32.8 Å². The van der Waals surface area contributed by atoms with Gasteiger partial charge in [0.25, 0.3) is 5.09 Å². The van der Waals surface area contributed by atoms with Gasteiger partial charge in [0.15, 0.2) is 29.4 Å². The summed E-state index contributed by atoms with van der Waals surface area (Å²) in [6, 6.07) is -1.43. The summed E-state index contributed by atoms with van der Waals surface area (Å²) in [6.07, 6.45) is 2.55. The number of ketones is 2. The summed E-state index contributed by atoms with van der Waals surface area (Å²) in [4.78, 5) is 78.4. The highest BCUT2D eigenvalue weighted by molar-refractivity contribution is 5.94. The van der Waals surface area contributed by atoms with Crippen LogP contribution in [0.2, 0.25) is 0 Å². The first kappa shape index (κ1) is 37.5. The molecule has 2 saturated carbocycles. The maximum atomic E-state index is 17.6. The number of hydrogen-bond acceptors (Lipinski definition) is 13. The first-order chi connectivity index (χ1) is 23.3. The average molecular weight is 709 g/mol. The van der Waals surface area contributed by atoms with Gasteiger partial charge in [0.1, 0.15) is 6.04 Å². The number of allylic oxidation sites excluding steroid dienone is 4. The molecular weight excluding hydrogens is 663 g/mol. The Morgan fingerprint density at radius 2 is 1.84 bits per heavy atom. The minimum atomic E-state index is -2.14. The molecule has 276 valence electrons. The van der Waals surface area contributed by atoms with E-state index in [2.05, 4.69) is 10.2 Å². The molecule has 0 bridgehead atoms. The Balaban J connectivity index is 1.31. The SMILES string of the molecule is CC(=O)NC(CC(=O)OCC(=O)[C@@]12OC(C)(C)O[C@@H]1C[C@H]1[C@@H]3CC=C4CC(=O)C=C[C@]4(C)[C@@]3(F)[C@@H](O)C[C@@]12C)C(=O)OCCCCO[N+](=O)[O-]. The molecule has 1 unspecified atom stereocenters. The number of rotatable bonds is 13. The lowest BCUT2D eigenvalue weighted by atomic mass is 9.45. The lowest BCUT2D eigenvalue weighted by Gasteiger charge is -2.62. The lowest BCUT2D eigenvalue weighted by molar-refractivity contribution is -0.757. The normalized spacial score (nSPS) is 36.9. The minimum Gasteiger partial charge on any atom is -0.464 e. The van der Waals surface area contributed by atoms with Gasteiger partial charge in [0.05, 0.1) is 31.8 Å². The van der Waals surface area contributed by atoms with E-state index < -0.39 is 99.7 Å². The van der Waals surface area contributed by atoms with E-state index in [4.69, 9.17) is 18.9 Å². The summed E-state index contributed by atoms with van der Waals surface area (Å²) in [5.41, 5.74) is -5.62. The van der Waals surface area contributed by atoms with Gasteiger partial charge >= 0.3 is 11.9 Å². The van der Waals surface area contributed by atoms with Crippen LogP contribution in [0.3, 0.4) is 0 Å². The summed E-state index contributed by atoms with van der Waals surface area (Å²) in [7, 11) is 0. The third kappa shape index (κ3) is 6.23. The maximum Gasteiger partial charge on any atom is 0.329 e. The largest absolute Gasteiger partial charge is 0.464 e. The fraction of sp³-hybridized carbons (Fsp3) is 0.735. The van der Waals surface area contributed by atoms with Gasteiger partial charge in [-0.05, 0) is 64.9 Å². The van der Waals surface area contributed by atoms with Gasteiger partial charge in [0.2, 0.25) is 11.7 Å². The summed E-state index contributed by atoms with van der Waals surface area (Å²) in [5, 5.41) is 23.4. The second-order valence-electron chi connectivity index (χ2n) is 14.8. The van der Waals surface area contributed by atoms with Gasteiger partial charge in [-0.3, -0.25) is 19.2 Å². The van der Waals surface area contributed by atoms with Crippen molar-refractivity contribution in [3.8, 4) is 0 Å². The van der Waals surface area contributed by atoms with Gasteiger partial charge in [-0.15, -0.1) is 10.1 Å². The number of aliphatic hydroxyl groups excluding tert-OH is 1. The molecule has 5 rings (SSSR count). The van der Waals surface area contributed by atoms with Gasteiger partial charge < -0.3 is 34.2 Å². The molecule has 3 fully saturated rings. The number of ether oxygens (including phenoxy) is 4. The molecule has 5 aliphatic rings. The molecule has 9 atom stereocenters. The van der Waals surface area contributed by atoms with E-state index in [-0.39, 0.29) is 57.5 Å². The number of unbranched alkanes of at least 4 members (excludes halogenated alkanes) is 1. The average Bonchev–Trinajstić information content (AvgIpc) is 3.43. The topological polar surface area (TPSA) is 207 Å². The van der Waals surface area contributed by atoms with E-state index in [9.17, 15) is 39.2 Å². The number of alkyl halides is 1. The smallest absolute Gasteiger partial charge is 0.329 e. The van der Waals surface area contributed by atoms with Crippen molar-refractivity contribution >= 4 is 29.4 Å². The molecule has 0 spiro atoms. The number of halogens is 1. The number of nitrogens with one attached hydrogen (secondary N) is 1. The summed E-state index contributed by atoms with van der Waals surface area (Å²) in [5.74, 6) is -5.84. The molecule has 1 aliphatic heterocycles. The van der Waals surface area contributed by atoms with E-state index in [1.807, 2.05) is 6.08 Å². The molecule has 16 heteroatoms. The van der Waals surface area contributed by atoms with Gasteiger partial charge in [-0.1, -0.05) is 24.6 Å². The van der Waals surface area contributed by atoms with E-state index in [0.29, 0.717) is 5.57 Å². The Morgan fingerprint density at radius 3 is 2.52 bits per heavy atom. The zero-order valence-electron chi connectivity index (χ0n) is 28.9. The van der Waals surface area contributed by atoms with Gasteiger partial charge in [-0.25, -0.2) is 9.18 Å². The number of hydrogen-bond donors (Lipinski definition) is 2. The van der Waals surface area contributed by atoms with Crippen LogP contribution in [0.1, 0.15) is 79.6 Å². The second-order valence-corrected chi connectivity index (χ2v) is 14.8. The van der Waals surface area contributed by atoms with Gasteiger partial charge in [0, 0.05) is 30.1 Å². The highest BCUT2D eigenvalue weighted by Crippen LogP contribution is 2.72. The van der Waals surface area contributed by atoms with Crippen molar-refractivity contribution in [3.05, 3.63) is 33.9 Å². The van der Waals surface area contributed by atoms with Gasteiger partial charge in [-0.2, -0.15) is 0 Å². The molecule has 0 aromatic carbocycles. The number of nitrogens with zero attached hydrogens (tertiary/aromatic N) is 1. The fourth-order valence-electron chi connectivity index (χ4n) is 9.25. The molecule has 1 heterocycles. The number of fused-ring (bicyclic) bond motifs is 7. The second kappa shape index (κ2) is 13.4. The molecule has 15 nitrogen and oxygen atoms in total. The Hall–Kier alpha value is -3.76. The van der Waals surface area contributed by atoms with Crippen molar-refractivity contribution in [1.82, 2.24) is 5.32 Å². The Kier molecular flexibility index (Phi) is 10.1. The molecule has 2 N–H and O–H groups in total. The van der Waals surface area contributed by atoms with Crippen LogP contribution in [0.25, 0.3) is 0 Å². The summed E-state index contributed by atoms with van der Waals surface area (Å²) < 4.78 is 40.8. The number of Topliss-reactive ketones (excluding diaryl/α,β-unsaturated/α-hetero) is 1. The molecule has 0 aromatic heterocycles. The number of amides is 1. The first-order valence-corrected chi connectivity index (χ1v) is 16.9. The van der Waals surface area contributed by atoms with Crippen molar-refractivity contribution < 1.29 is 62.3 Å². The van der Waals surface area contributed by atoms with Crippen molar-refractivity contribution in [2.45, 2.75) is 115 Å². The molecule has 0 radical (unpaired) electrons. The van der Waals surface area contributed by atoms with Crippen molar-refractivity contribution in [2.24, 2.45) is 22.7 Å². The van der Waals surface area contributed by atoms with E-state index in [0.717, 1.165) is 6.92 Å². The Bertz CT molecular complexity index is 1510. The highest BCUT2D eigenvalue weighted by Gasteiger charge is 2.80. The quantitative estimate of drug-likeness (QED) is 0.0928. The summed E-state index contributed by atoms with van der Waals surface area (Å²) in [6.45, 7) is 6.76. The molecule has 4 aliphatic carbocycles. The molecule has 50 heavy (non-hydrogen) atoms. The monoisotopic (exact) mass is 708 g/mol. The zero-order chi connectivity index (χ0) is 36.9. The van der Waals surface area contributed by atoms with Crippen LogP contribution in [0.4, 0.5) is 4.39 Å². The van der Waals surface area contributed by atoms with Crippen molar-refractivity contribution in [3.63, 3.8) is 0 Å². The maximum absolute atomic E-state index is 17.6. The van der Waals surface area contributed by atoms with E-state index in [1.165, 1.54) is 6.08 Å². The van der Waals surface area contributed by atoms with Crippen LogP contribution in [-0.2, 0) is 47.8 Å². The number of carbonyl (C=O) groups is 5. The zero-order valence-corrected chi connectivity index (χ0v) is 28.9. The molecule has 0 aromatic rings. The van der Waals surface area contributed by atoms with Crippen LogP contribution in [0.15, 0.2) is 23.8 Å². The van der Waals surface area contributed by atoms with Crippen LogP contribution in [0.5, 0.6) is 0 Å². The predicted octanol–water partition coefficient (Wildman–Crippen LogP) is 2.40. The van der Waals surface area contributed by atoms with Crippen LogP contribution < -0.4 is 5.32 Å². The minimum absolute atomic E-state index is 0.0683. The number of aliphatic hydroxyl groups is 1. The van der Waals surface area contributed by atoms with E-state index in [1.54, 1.807) is 33.8 Å². The summed E-state index contributed by atoms with van der Waals surface area (Å²) >= 11 is 0. The Labute approximate surface area is 288 Å². The lowest BCUT2D eigenvalue weighted by Crippen LogP contribution is -2.69. The van der Waals surface area contributed by atoms with Crippen molar-refractivity contribution in [2.75, 3.05) is 19.8 Å². The Morgan fingerprint density at radius 1 is 1.14 bits per heavy atom. The number of carbonyl (C=O) groups excluding carboxylic acids is 5. The third-order valence-corrected chi connectivity index (χ3v) is 11.4. The third-order valence-electron chi connectivity index (χ3n) is 11.4. The standard InChI is InChI=1S/C34H45FN2O13/c1-19(38)36-24(29(43)46-12-6-7-13-48-37(44)45)16-28(42)47-18-26(41)34-27(49-30(2,3)50-34)15-23-22-9-8-20-14-21(39)10-11-31(20,4)33(22,35)25(40)17-32(23,34)5/h8,10-11,22-25,27,40H,6-7,9,12-18H2,1-5H3,(H,36,38)/t22-,23-,24?,25-,27+,31-,32-,33-,34+/m0/s1. The van der Waals surface area contributed by atoms with Crippen LogP contribution in [-0.4, -0.2) is 94.7 Å². The highest BCUT2D eigenvalue weighted by atomic mass is 19.1.